The zero-order valence-corrected chi connectivity index (χ0v) is 6.93. The quantitative estimate of drug-likeness (QED) is 0.510. The third-order valence-corrected chi connectivity index (χ3v) is 1.72. The summed E-state index contributed by atoms with van der Waals surface area (Å²) in [5.74, 6) is 0. The highest BCUT2D eigenvalue weighted by atomic mass is 19.4. The molecule has 0 aliphatic rings. The van der Waals surface area contributed by atoms with Gasteiger partial charge in [-0.1, -0.05) is 29.2 Å². The van der Waals surface area contributed by atoms with Crippen LogP contribution in [0, 0.1) is 6.92 Å². The molecule has 5 heteroatoms. The van der Waals surface area contributed by atoms with E-state index in [9.17, 15) is 17.7 Å². The van der Waals surface area contributed by atoms with E-state index in [-0.39, 0.29) is 11.8 Å². The molecule has 0 fully saturated rings. The minimum Gasteiger partial charge on any atom is -0.445 e. The van der Waals surface area contributed by atoms with E-state index >= 15 is 0 Å². The third-order valence-electron chi connectivity index (χ3n) is 1.72. The van der Waals surface area contributed by atoms with Gasteiger partial charge in [-0.25, -0.2) is 0 Å². The number of hydrogen-bond donors (Lipinski definition) is 0. The highest BCUT2D eigenvalue weighted by Crippen LogP contribution is 2.12. The molecule has 0 saturated carbocycles. The highest BCUT2D eigenvalue weighted by Gasteiger charge is 2.28. The summed E-state index contributed by atoms with van der Waals surface area (Å²) in [6, 6.07) is 3.66. The van der Waals surface area contributed by atoms with Crippen LogP contribution in [0.15, 0.2) is 18.2 Å². The number of hydrogen-bond acceptors (Lipinski definition) is 1. The molecular weight excluding hydrogens is 180 g/mol. The fourth-order valence-electron chi connectivity index (χ4n) is 1.08. The fraction of sp³-hybridized carbons (Fsp3) is 0.125. The molecule has 0 aliphatic heterocycles. The van der Waals surface area contributed by atoms with Crippen LogP contribution < -0.4 is 5.46 Å². The predicted octanol–water partition coefficient (Wildman–Crippen LogP) is 1.86. The molecule has 0 N–H and O–H groups in total. The number of benzene rings is 1. The van der Waals surface area contributed by atoms with Crippen molar-refractivity contribution in [2.45, 2.75) is 6.92 Å². The van der Waals surface area contributed by atoms with E-state index in [0.29, 0.717) is 5.56 Å². The molecule has 0 unspecified atom stereocenters. The summed E-state index contributed by atoms with van der Waals surface area (Å²) >= 11 is 0. The lowest BCUT2D eigenvalue weighted by atomic mass is 9.76. The molecule has 13 heavy (non-hydrogen) atoms. The van der Waals surface area contributed by atoms with Gasteiger partial charge in [-0.3, -0.25) is 4.79 Å². The molecule has 0 atom stereocenters. The first kappa shape index (κ1) is 9.83. The Labute approximate surface area is 73.6 Å². The van der Waals surface area contributed by atoms with E-state index < -0.39 is 12.4 Å². The maximum Gasteiger partial charge on any atom is 0.510 e. The van der Waals surface area contributed by atoms with Crippen LogP contribution in [0.1, 0.15) is 15.9 Å². The maximum absolute atomic E-state index is 12.3. The van der Waals surface area contributed by atoms with Crippen LogP contribution >= 0.6 is 0 Å². The summed E-state index contributed by atoms with van der Waals surface area (Å²) in [5, 5.41) is 0. The Morgan fingerprint density at radius 2 is 1.92 bits per heavy atom. The lowest BCUT2D eigenvalue weighted by Gasteiger charge is -2.17. The Kier molecular flexibility index (Phi) is 2.45. The van der Waals surface area contributed by atoms with Crippen molar-refractivity contribution in [1.29, 1.82) is 0 Å². The van der Waals surface area contributed by atoms with Crippen molar-refractivity contribution in [1.82, 2.24) is 0 Å². The second kappa shape index (κ2) is 3.24. The first-order valence-corrected chi connectivity index (χ1v) is 3.71. The Balaban J connectivity index is 3.32. The number of carbonyl (C=O) groups is 1. The Hall–Kier alpha value is -1.26. The van der Waals surface area contributed by atoms with Gasteiger partial charge in [0, 0.05) is 0 Å². The van der Waals surface area contributed by atoms with Gasteiger partial charge in [0.2, 0.25) is 0 Å². The highest BCUT2D eigenvalue weighted by molar-refractivity contribution is 6.74. The molecule has 0 aliphatic carbocycles. The lowest BCUT2D eigenvalue weighted by molar-refractivity contribution is 0.112. The van der Waals surface area contributed by atoms with Crippen LogP contribution in [0.4, 0.5) is 12.9 Å². The minimum absolute atomic E-state index is 0.226. The van der Waals surface area contributed by atoms with Crippen molar-refractivity contribution in [2.75, 3.05) is 0 Å². The van der Waals surface area contributed by atoms with E-state index in [1.165, 1.54) is 12.1 Å². The van der Waals surface area contributed by atoms with Crippen LogP contribution in [0.25, 0.3) is 0 Å². The molecule has 1 rings (SSSR count). The van der Waals surface area contributed by atoms with Crippen LogP contribution in [-0.4, -0.2) is 13.3 Å². The SMILES string of the molecule is Cc1ccc(C=O)c([B-](F)(F)F)c1. The van der Waals surface area contributed by atoms with E-state index in [1.54, 1.807) is 6.92 Å². The summed E-state index contributed by atoms with van der Waals surface area (Å²) in [6.07, 6.45) is 0.226. The number of carbonyl (C=O) groups excluding carboxylic acids is 1. The fourth-order valence-corrected chi connectivity index (χ4v) is 1.08. The van der Waals surface area contributed by atoms with Crippen molar-refractivity contribution < 1.29 is 17.7 Å². The van der Waals surface area contributed by atoms with Crippen molar-refractivity contribution in [3.63, 3.8) is 0 Å². The van der Waals surface area contributed by atoms with Crippen molar-refractivity contribution >= 4 is 18.7 Å². The van der Waals surface area contributed by atoms with Crippen LogP contribution in [-0.2, 0) is 0 Å². The van der Waals surface area contributed by atoms with Crippen molar-refractivity contribution in [2.24, 2.45) is 0 Å². The van der Waals surface area contributed by atoms with Crippen LogP contribution in [0.3, 0.4) is 0 Å². The van der Waals surface area contributed by atoms with Gasteiger partial charge in [-0.05, 0) is 12.5 Å². The topological polar surface area (TPSA) is 17.1 Å². The average Bonchev–Trinajstić information content (AvgIpc) is 2.03. The van der Waals surface area contributed by atoms with Gasteiger partial charge >= 0.3 is 6.98 Å². The molecule has 0 amide bonds. The summed E-state index contributed by atoms with van der Waals surface area (Å²) < 4.78 is 37.0. The monoisotopic (exact) mass is 187 g/mol. The Bertz CT molecular complexity index is 333. The summed E-state index contributed by atoms with van der Waals surface area (Å²) in [5.41, 5.74) is -0.604. The average molecular weight is 187 g/mol. The van der Waals surface area contributed by atoms with Gasteiger partial charge in [0.1, 0.15) is 6.29 Å². The largest absolute Gasteiger partial charge is 0.510 e. The van der Waals surface area contributed by atoms with Crippen LogP contribution in [0.5, 0.6) is 0 Å². The smallest absolute Gasteiger partial charge is 0.445 e. The third kappa shape index (κ3) is 2.11. The molecule has 0 spiro atoms. The Morgan fingerprint density at radius 3 is 2.38 bits per heavy atom. The second-order valence-corrected chi connectivity index (χ2v) is 2.82. The summed E-state index contributed by atoms with van der Waals surface area (Å²) in [4.78, 5) is 10.3. The lowest BCUT2D eigenvalue weighted by Crippen LogP contribution is -2.37. The number of aldehydes is 1. The van der Waals surface area contributed by atoms with Gasteiger partial charge in [-0.2, -0.15) is 0 Å². The predicted molar refractivity (Wildman–Crippen MR) is 45.3 cm³/mol. The standard InChI is InChI=1S/C8H7BF3O/c1-6-2-3-7(5-13)8(4-6)9(10,11)12/h2-5H,1H3/q-1. The molecule has 0 saturated heterocycles. The van der Waals surface area contributed by atoms with Crippen molar-refractivity contribution in [3.05, 3.63) is 29.3 Å². The van der Waals surface area contributed by atoms with Gasteiger partial charge < -0.3 is 12.9 Å². The van der Waals surface area contributed by atoms with Crippen molar-refractivity contribution in [3.8, 4) is 0 Å². The zero-order chi connectivity index (χ0) is 10.1. The molecule has 0 aromatic heterocycles. The number of aryl methyl sites for hydroxylation is 1. The molecule has 1 aromatic carbocycles. The first-order chi connectivity index (χ1) is 5.95. The number of rotatable bonds is 2. The summed E-state index contributed by atoms with van der Waals surface area (Å²) in [6.45, 7) is -3.53. The molecule has 0 bridgehead atoms. The van der Waals surface area contributed by atoms with Gasteiger partial charge in [0.05, 0.1) is 0 Å². The summed E-state index contributed by atoms with van der Waals surface area (Å²) in [7, 11) is 0. The normalized spacial score (nSPS) is 11.4. The molecule has 1 aromatic rings. The Morgan fingerprint density at radius 1 is 1.31 bits per heavy atom. The van der Waals surface area contributed by atoms with E-state index in [0.717, 1.165) is 6.07 Å². The van der Waals surface area contributed by atoms with E-state index in [1.807, 2.05) is 0 Å². The van der Waals surface area contributed by atoms with Crippen LogP contribution in [0.2, 0.25) is 0 Å². The van der Waals surface area contributed by atoms with E-state index in [2.05, 4.69) is 0 Å². The van der Waals surface area contributed by atoms with Gasteiger partial charge in [-0.15, -0.1) is 0 Å². The van der Waals surface area contributed by atoms with Gasteiger partial charge in [0.25, 0.3) is 0 Å². The molecule has 0 radical (unpaired) electrons. The molecule has 70 valence electrons. The molecular formula is C8H7BF3O-. The maximum atomic E-state index is 12.3. The minimum atomic E-state index is -5.09. The second-order valence-electron chi connectivity index (χ2n) is 2.82. The first-order valence-electron chi connectivity index (χ1n) is 3.71. The molecule has 1 nitrogen and oxygen atoms in total. The number of halogens is 3. The molecule has 0 heterocycles. The van der Waals surface area contributed by atoms with E-state index in [4.69, 9.17) is 0 Å². The zero-order valence-electron chi connectivity index (χ0n) is 6.93. The van der Waals surface area contributed by atoms with Gasteiger partial charge in [0.15, 0.2) is 0 Å².